The van der Waals surface area contributed by atoms with Gasteiger partial charge in [0.15, 0.2) is 0 Å². The Morgan fingerprint density at radius 1 is 1.17 bits per heavy atom. The number of rotatable bonds is 6. The van der Waals surface area contributed by atoms with Crippen LogP contribution in [0, 0.1) is 12.8 Å². The van der Waals surface area contributed by atoms with Crippen LogP contribution in [0.2, 0.25) is 0 Å². The molecule has 1 amide bonds. The van der Waals surface area contributed by atoms with E-state index in [0.29, 0.717) is 18.3 Å². The smallest absolute Gasteiger partial charge is 0.229 e. The Kier molecular flexibility index (Phi) is 5.73. The summed E-state index contributed by atoms with van der Waals surface area (Å²) in [6, 6.07) is 7.51. The number of nitrogens with zero attached hydrogens (tertiary/aromatic N) is 3. The molecule has 1 aromatic carbocycles. The fraction of sp³-hybridized carbons (Fsp3) is 0.389. The van der Waals surface area contributed by atoms with Gasteiger partial charge in [0.2, 0.25) is 11.9 Å². The first-order valence-corrected chi connectivity index (χ1v) is 8.03. The lowest BCUT2D eigenvalue weighted by Gasteiger charge is -2.15. The highest BCUT2D eigenvalue weighted by atomic mass is 16.1. The lowest BCUT2D eigenvalue weighted by atomic mass is 10.1. The van der Waals surface area contributed by atoms with Crippen LogP contribution >= 0.6 is 0 Å². The van der Waals surface area contributed by atoms with Gasteiger partial charge in [-0.1, -0.05) is 13.8 Å². The van der Waals surface area contributed by atoms with Crippen molar-refractivity contribution in [2.75, 3.05) is 29.6 Å². The van der Waals surface area contributed by atoms with Gasteiger partial charge in [-0.2, -0.15) is 4.98 Å². The maximum atomic E-state index is 11.8. The summed E-state index contributed by atoms with van der Waals surface area (Å²) in [4.78, 5) is 22.5. The molecule has 0 saturated carbocycles. The van der Waals surface area contributed by atoms with E-state index in [1.165, 1.54) is 0 Å². The van der Waals surface area contributed by atoms with Gasteiger partial charge in [-0.25, -0.2) is 4.98 Å². The molecule has 0 fully saturated rings. The molecule has 0 radical (unpaired) electrons. The zero-order chi connectivity index (χ0) is 17.7. The SMILES string of the molecule is Cc1cnc(Nc2ccc(NC(=O)CC(C)C)cc2)nc1N(C)C. The fourth-order valence-electron chi connectivity index (χ4n) is 2.29. The first-order valence-electron chi connectivity index (χ1n) is 8.03. The molecule has 2 N–H and O–H groups in total. The maximum absolute atomic E-state index is 11.8. The number of hydrogen-bond acceptors (Lipinski definition) is 5. The number of anilines is 4. The third kappa shape index (κ3) is 4.94. The fourth-order valence-corrected chi connectivity index (χ4v) is 2.29. The van der Waals surface area contributed by atoms with Crippen molar-refractivity contribution in [3.63, 3.8) is 0 Å². The molecular formula is C18H25N5O. The average molecular weight is 327 g/mol. The van der Waals surface area contributed by atoms with Crippen LogP contribution in [0.5, 0.6) is 0 Å². The van der Waals surface area contributed by atoms with E-state index in [-0.39, 0.29) is 5.91 Å². The summed E-state index contributed by atoms with van der Waals surface area (Å²) in [6.07, 6.45) is 2.32. The van der Waals surface area contributed by atoms with Crippen molar-refractivity contribution >= 4 is 29.0 Å². The molecule has 128 valence electrons. The van der Waals surface area contributed by atoms with Crippen molar-refractivity contribution in [1.82, 2.24) is 9.97 Å². The number of amides is 1. The van der Waals surface area contributed by atoms with Crippen LogP contribution in [0.1, 0.15) is 25.8 Å². The van der Waals surface area contributed by atoms with Crippen LogP contribution in [0.15, 0.2) is 30.5 Å². The molecule has 0 atom stereocenters. The van der Waals surface area contributed by atoms with Crippen molar-refractivity contribution in [3.8, 4) is 0 Å². The Labute approximate surface area is 143 Å². The minimum atomic E-state index is 0.0307. The van der Waals surface area contributed by atoms with Crippen LogP contribution in [0.4, 0.5) is 23.1 Å². The highest BCUT2D eigenvalue weighted by Gasteiger charge is 2.07. The number of carbonyl (C=O) groups excluding carboxylic acids is 1. The molecule has 24 heavy (non-hydrogen) atoms. The Morgan fingerprint density at radius 3 is 2.38 bits per heavy atom. The van der Waals surface area contributed by atoms with Gasteiger partial charge < -0.3 is 15.5 Å². The van der Waals surface area contributed by atoms with Crippen molar-refractivity contribution < 1.29 is 4.79 Å². The van der Waals surface area contributed by atoms with Gasteiger partial charge in [0.1, 0.15) is 5.82 Å². The van der Waals surface area contributed by atoms with E-state index in [2.05, 4.69) is 20.6 Å². The zero-order valence-corrected chi connectivity index (χ0v) is 14.9. The summed E-state index contributed by atoms with van der Waals surface area (Å²) in [7, 11) is 3.90. The van der Waals surface area contributed by atoms with Gasteiger partial charge in [0.25, 0.3) is 0 Å². The highest BCUT2D eigenvalue weighted by Crippen LogP contribution is 2.20. The lowest BCUT2D eigenvalue weighted by molar-refractivity contribution is -0.116. The van der Waals surface area contributed by atoms with E-state index in [9.17, 15) is 4.79 Å². The Hall–Kier alpha value is -2.63. The molecular weight excluding hydrogens is 302 g/mol. The molecule has 6 nitrogen and oxygen atoms in total. The highest BCUT2D eigenvalue weighted by molar-refractivity contribution is 5.91. The van der Waals surface area contributed by atoms with Gasteiger partial charge in [-0.15, -0.1) is 0 Å². The Balaban J connectivity index is 2.04. The first kappa shape index (κ1) is 17.7. The molecule has 0 aliphatic heterocycles. The quantitative estimate of drug-likeness (QED) is 0.848. The molecule has 6 heteroatoms. The summed E-state index contributed by atoms with van der Waals surface area (Å²) in [5.41, 5.74) is 2.67. The van der Waals surface area contributed by atoms with E-state index in [4.69, 9.17) is 0 Å². The van der Waals surface area contributed by atoms with E-state index < -0.39 is 0 Å². The summed E-state index contributed by atoms with van der Waals surface area (Å²) in [5, 5.41) is 6.07. The summed E-state index contributed by atoms with van der Waals surface area (Å²) in [5.74, 6) is 1.80. The topological polar surface area (TPSA) is 70.1 Å². The molecule has 2 rings (SSSR count). The van der Waals surface area contributed by atoms with Crippen molar-refractivity contribution in [3.05, 3.63) is 36.0 Å². The van der Waals surface area contributed by atoms with Crippen LogP contribution in [0.25, 0.3) is 0 Å². The van der Waals surface area contributed by atoms with E-state index in [1.54, 1.807) is 6.20 Å². The minimum Gasteiger partial charge on any atom is -0.362 e. The minimum absolute atomic E-state index is 0.0307. The summed E-state index contributed by atoms with van der Waals surface area (Å²) >= 11 is 0. The second kappa shape index (κ2) is 7.77. The summed E-state index contributed by atoms with van der Waals surface area (Å²) in [6.45, 7) is 6.03. The Bertz CT molecular complexity index is 695. The first-order chi connectivity index (χ1) is 11.3. The van der Waals surface area contributed by atoms with Gasteiger partial charge in [0.05, 0.1) is 0 Å². The number of aryl methyl sites for hydroxylation is 1. The number of benzene rings is 1. The van der Waals surface area contributed by atoms with Crippen molar-refractivity contribution in [1.29, 1.82) is 0 Å². The number of nitrogens with one attached hydrogen (secondary N) is 2. The third-order valence-corrected chi connectivity index (χ3v) is 3.39. The standard InChI is InChI=1S/C18H25N5O/c1-12(2)10-16(24)20-14-6-8-15(9-7-14)21-18-19-11-13(3)17(22-18)23(4)5/h6-9,11-12H,10H2,1-5H3,(H,20,24)(H,19,21,22). The molecule has 1 aromatic heterocycles. The normalized spacial score (nSPS) is 10.6. The molecule has 2 aromatic rings. The molecule has 1 heterocycles. The molecule has 0 aliphatic rings. The van der Waals surface area contributed by atoms with E-state index in [1.807, 2.05) is 64.0 Å². The second-order valence-electron chi connectivity index (χ2n) is 6.44. The molecule has 0 bridgehead atoms. The van der Waals surface area contributed by atoms with Crippen LogP contribution < -0.4 is 15.5 Å². The monoisotopic (exact) mass is 327 g/mol. The van der Waals surface area contributed by atoms with E-state index >= 15 is 0 Å². The maximum Gasteiger partial charge on any atom is 0.229 e. The van der Waals surface area contributed by atoms with Crippen LogP contribution in [0.3, 0.4) is 0 Å². The van der Waals surface area contributed by atoms with Crippen molar-refractivity contribution in [2.24, 2.45) is 5.92 Å². The molecule has 0 unspecified atom stereocenters. The Morgan fingerprint density at radius 2 is 1.79 bits per heavy atom. The van der Waals surface area contributed by atoms with E-state index in [0.717, 1.165) is 22.8 Å². The van der Waals surface area contributed by atoms with Crippen molar-refractivity contribution in [2.45, 2.75) is 27.2 Å². The average Bonchev–Trinajstić information content (AvgIpc) is 2.50. The lowest BCUT2D eigenvalue weighted by Crippen LogP contribution is -2.14. The second-order valence-corrected chi connectivity index (χ2v) is 6.44. The predicted octanol–water partition coefficient (Wildman–Crippen LogP) is 3.58. The number of hydrogen-bond donors (Lipinski definition) is 2. The molecule has 0 saturated heterocycles. The van der Waals surface area contributed by atoms with Gasteiger partial charge in [-0.05, 0) is 37.1 Å². The molecule has 0 spiro atoms. The number of aromatic nitrogens is 2. The van der Waals surface area contributed by atoms with Gasteiger partial charge >= 0.3 is 0 Å². The third-order valence-electron chi connectivity index (χ3n) is 3.39. The summed E-state index contributed by atoms with van der Waals surface area (Å²) < 4.78 is 0. The van der Waals surface area contributed by atoms with Gasteiger partial charge in [-0.3, -0.25) is 4.79 Å². The largest absolute Gasteiger partial charge is 0.362 e. The van der Waals surface area contributed by atoms with Crippen LogP contribution in [-0.2, 0) is 4.79 Å². The molecule has 0 aliphatic carbocycles. The van der Waals surface area contributed by atoms with Crippen LogP contribution in [-0.4, -0.2) is 30.0 Å². The number of carbonyl (C=O) groups is 1. The van der Waals surface area contributed by atoms with Gasteiger partial charge in [0, 0.05) is 43.7 Å². The predicted molar refractivity (Wildman–Crippen MR) is 98.9 cm³/mol. The zero-order valence-electron chi connectivity index (χ0n) is 14.9.